The van der Waals surface area contributed by atoms with Crippen molar-refractivity contribution in [2.45, 2.75) is 13.8 Å². The first-order valence-corrected chi connectivity index (χ1v) is 7.93. The Morgan fingerprint density at radius 1 is 1.23 bits per heavy atom. The third-order valence-electron chi connectivity index (χ3n) is 2.80. The maximum absolute atomic E-state index is 11.9. The van der Waals surface area contributed by atoms with Crippen LogP contribution in [-0.2, 0) is 9.53 Å². The number of anilines is 1. The van der Waals surface area contributed by atoms with Gasteiger partial charge in [0.1, 0.15) is 0 Å². The van der Waals surface area contributed by atoms with Gasteiger partial charge in [-0.1, -0.05) is 23.2 Å². The van der Waals surface area contributed by atoms with E-state index >= 15 is 0 Å². The highest BCUT2D eigenvalue weighted by molar-refractivity contribution is 7.12. The zero-order chi connectivity index (χ0) is 16.3. The highest BCUT2D eigenvalue weighted by atomic mass is 35.5. The molecule has 0 aliphatic carbocycles. The van der Waals surface area contributed by atoms with Crippen LogP contribution in [0.25, 0.3) is 0 Å². The summed E-state index contributed by atoms with van der Waals surface area (Å²) in [5.41, 5.74) is 0.855. The van der Waals surface area contributed by atoms with Crippen molar-refractivity contribution in [3.63, 3.8) is 0 Å². The van der Waals surface area contributed by atoms with Crippen molar-refractivity contribution in [2.24, 2.45) is 0 Å². The lowest BCUT2D eigenvalue weighted by molar-refractivity contribution is -0.119. The normalized spacial score (nSPS) is 10.4. The van der Waals surface area contributed by atoms with Gasteiger partial charge in [-0.3, -0.25) is 4.79 Å². The predicted molar refractivity (Wildman–Crippen MR) is 89.2 cm³/mol. The molecule has 1 aromatic carbocycles. The van der Waals surface area contributed by atoms with Gasteiger partial charge in [-0.2, -0.15) is 0 Å². The summed E-state index contributed by atoms with van der Waals surface area (Å²) in [4.78, 5) is 25.6. The lowest BCUT2D eigenvalue weighted by atomic mass is 10.2. The van der Waals surface area contributed by atoms with Gasteiger partial charge in [0.2, 0.25) is 0 Å². The van der Waals surface area contributed by atoms with Gasteiger partial charge in [-0.25, -0.2) is 4.79 Å². The second-order valence-corrected chi connectivity index (χ2v) is 6.88. The highest BCUT2D eigenvalue weighted by Crippen LogP contribution is 2.25. The Hall–Kier alpha value is -1.56. The van der Waals surface area contributed by atoms with Crippen LogP contribution in [0.3, 0.4) is 0 Å². The summed E-state index contributed by atoms with van der Waals surface area (Å²) in [6.07, 6.45) is 0. The van der Waals surface area contributed by atoms with Gasteiger partial charge in [0.25, 0.3) is 5.91 Å². The predicted octanol–water partition coefficient (Wildman–Crippen LogP) is 4.47. The van der Waals surface area contributed by atoms with E-state index in [0.717, 1.165) is 9.75 Å². The largest absolute Gasteiger partial charge is 0.452 e. The molecule has 0 aliphatic heterocycles. The van der Waals surface area contributed by atoms with Crippen LogP contribution in [0.5, 0.6) is 0 Å². The van der Waals surface area contributed by atoms with Crippen molar-refractivity contribution < 1.29 is 14.3 Å². The van der Waals surface area contributed by atoms with E-state index in [2.05, 4.69) is 5.32 Å². The summed E-state index contributed by atoms with van der Waals surface area (Å²) in [5.74, 6) is -1.00. The van der Waals surface area contributed by atoms with E-state index in [1.165, 1.54) is 17.4 Å². The molecular formula is C15H13Cl2NO3S. The van der Waals surface area contributed by atoms with Crippen LogP contribution in [0.4, 0.5) is 5.69 Å². The van der Waals surface area contributed by atoms with Gasteiger partial charge < -0.3 is 10.1 Å². The molecule has 0 atom stereocenters. The van der Waals surface area contributed by atoms with Crippen molar-refractivity contribution in [3.8, 4) is 0 Å². The number of aryl methyl sites for hydroxylation is 2. The number of esters is 1. The minimum absolute atomic E-state index is 0.355. The molecule has 2 rings (SSSR count). The molecule has 0 aliphatic rings. The number of thiophene rings is 1. The Balaban J connectivity index is 1.94. The first-order valence-electron chi connectivity index (χ1n) is 6.36. The average molecular weight is 358 g/mol. The Morgan fingerprint density at radius 3 is 2.59 bits per heavy atom. The summed E-state index contributed by atoms with van der Waals surface area (Å²) < 4.78 is 5.01. The van der Waals surface area contributed by atoms with E-state index in [1.807, 2.05) is 13.8 Å². The second-order valence-electron chi connectivity index (χ2n) is 4.58. The molecule has 0 bridgehead atoms. The van der Waals surface area contributed by atoms with Crippen molar-refractivity contribution in [2.75, 3.05) is 11.9 Å². The van der Waals surface area contributed by atoms with Crippen molar-refractivity contribution in [3.05, 3.63) is 49.6 Å². The van der Waals surface area contributed by atoms with Crippen LogP contribution < -0.4 is 5.32 Å². The molecule has 0 saturated heterocycles. The summed E-state index contributed by atoms with van der Waals surface area (Å²) in [6, 6.07) is 6.45. The van der Waals surface area contributed by atoms with Gasteiger partial charge in [0.05, 0.1) is 16.3 Å². The second kappa shape index (κ2) is 7.13. The number of nitrogens with one attached hydrogen (secondary N) is 1. The van der Waals surface area contributed by atoms with Gasteiger partial charge in [-0.05, 0) is 38.1 Å². The molecule has 22 heavy (non-hydrogen) atoms. The lowest BCUT2D eigenvalue weighted by Crippen LogP contribution is -2.21. The number of carbonyl (C=O) groups excluding carboxylic acids is 2. The number of ether oxygens (including phenoxy) is 1. The van der Waals surface area contributed by atoms with Gasteiger partial charge in [0.15, 0.2) is 6.61 Å². The van der Waals surface area contributed by atoms with Crippen molar-refractivity contribution in [1.82, 2.24) is 0 Å². The smallest absolute Gasteiger partial charge is 0.339 e. The Kier molecular flexibility index (Phi) is 5.45. The van der Waals surface area contributed by atoms with Crippen LogP contribution in [0.2, 0.25) is 10.0 Å². The fourth-order valence-electron chi connectivity index (χ4n) is 1.82. The van der Waals surface area contributed by atoms with E-state index in [0.29, 0.717) is 21.3 Å². The average Bonchev–Trinajstić information content (AvgIpc) is 2.79. The number of carbonyl (C=O) groups is 2. The highest BCUT2D eigenvalue weighted by Gasteiger charge is 2.15. The molecular weight excluding hydrogens is 345 g/mol. The summed E-state index contributed by atoms with van der Waals surface area (Å²) >= 11 is 13.3. The van der Waals surface area contributed by atoms with Crippen LogP contribution >= 0.6 is 34.5 Å². The zero-order valence-electron chi connectivity index (χ0n) is 11.9. The molecule has 4 nitrogen and oxygen atoms in total. The van der Waals surface area contributed by atoms with Crippen molar-refractivity contribution in [1.29, 1.82) is 0 Å². The third kappa shape index (κ3) is 4.22. The Labute approximate surface area is 142 Å². The lowest BCUT2D eigenvalue weighted by Gasteiger charge is -2.08. The monoisotopic (exact) mass is 357 g/mol. The molecule has 1 N–H and O–H groups in total. The Bertz CT molecular complexity index is 728. The number of halogens is 2. The molecule has 0 radical (unpaired) electrons. The maximum atomic E-state index is 11.9. The molecule has 0 spiro atoms. The molecule has 2 aromatic rings. The van der Waals surface area contributed by atoms with Gasteiger partial charge in [0, 0.05) is 14.8 Å². The Morgan fingerprint density at radius 2 is 1.95 bits per heavy atom. The fraction of sp³-hybridized carbons (Fsp3) is 0.200. The number of amides is 1. The molecule has 0 saturated carbocycles. The molecule has 0 unspecified atom stereocenters. The molecule has 0 fully saturated rings. The molecule has 1 aromatic heterocycles. The topological polar surface area (TPSA) is 55.4 Å². The number of hydrogen-bond donors (Lipinski definition) is 1. The van der Waals surface area contributed by atoms with Gasteiger partial charge >= 0.3 is 5.97 Å². The number of hydrogen-bond acceptors (Lipinski definition) is 4. The minimum atomic E-state index is -0.519. The summed E-state index contributed by atoms with van der Waals surface area (Å²) in [5, 5.41) is 3.35. The molecule has 1 heterocycles. The first kappa shape index (κ1) is 16.8. The SMILES string of the molecule is Cc1cc(C(=O)OCC(=O)Nc2cc(Cl)ccc2Cl)c(C)s1. The molecule has 1 amide bonds. The van der Waals surface area contributed by atoms with E-state index in [4.69, 9.17) is 27.9 Å². The first-order chi connectivity index (χ1) is 10.4. The summed E-state index contributed by atoms with van der Waals surface area (Å²) in [7, 11) is 0. The van der Waals surface area contributed by atoms with E-state index in [1.54, 1.807) is 18.2 Å². The maximum Gasteiger partial charge on any atom is 0.339 e. The molecule has 7 heteroatoms. The van der Waals surface area contributed by atoms with Gasteiger partial charge in [-0.15, -0.1) is 11.3 Å². The van der Waals surface area contributed by atoms with Crippen molar-refractivity contribution >= 4 is 52.1 Å². The molecule has 116 valence electrons. The number of rotatable bonds is 4. The van der Waals surface area contributed by atoms with Crippen LogP contribution in [0.15, 0.2) is 24.3 Å². The standard InChI is InChI=1S/C15H13Cl2NO3S/c1-8-5-11(9(2)22-8)15(20)21-7-14(19)18-13-6-10(16)3-4-12(13)17/h3-6H,7H2,1-2H3,(H,18,19). The zero-order valence-corrected chi connectivity index (χ0v) is 14.2. The minimum Gasteiger partial charge on any atom is -0.452 e. The van der Waals surface area contributed by atoms with Crippen LogP contribution in [0, 0.1) is 13.8 Å². The van der Waals surface area contributed by atoms with E-state index in [-0.39, 0.29) is 0 Å². The van der Waals surface area contributed by atoms with Crippen LogP contribution in [-0.4, -0.2) is 18.5 Å². The fourth-order valence-corrected chi connectivity index (χ4v) is 3.07. The van der Waals surface area contributed by atoms with E-state index < -0.39 is 18.5 Å². The summed E-state index contributed by atoms with van der Waals surface area (Å²) in [6.45, 7) is 3.35. The number of benzene rings is 1. The van der Waals surface area contributed by atoms with Crippen LogP contribution in [0.1, 0.15) is 20.1 Å². The quantitative estimate of drug-likeness (QED) is 0.821. The third-order valence-corrected chi connectivity index (χ3v) is 4.33. The van der Waals surface area contributed by atoms with E-state index in [9.17, 15) is 9.59 Å².